The van der Waals surface area contributed by atoms with Gasteiger partial charge in [0.1, 0.15) is 10.7 Å². The number of benzene rings is 1. The first-order chi connectivity index (χ1) is 9.54. The topological polar surface area (TPSA) is 101 Å². The number of aliphatic hydroxyl groups is 1. The third-order valence-electron chi connectivity index (χ3n) is 2.71. The molecule has 2 N–H and O–H groups in total. The van der Waals surface area contributed by atoms with Crippen molar-refractivity contribution < 1.29 is 26.3 Å². The molecule has 21 heavy (non-hydrogen) atoms. The fourth-order valence-corrected chi connectivity index (χ4v) is 3.50. The highest BCUT2D eigenvalue weighted by Gasteiger charge is 2.21. The van der Waals surface area contributed by atoms with E-state index in [4.69, 9.17) is 5.11 Å². The van der Waals surface area contributed by atoms with Crippen molar-refractivity contribution in [3.8, 4) is 0 Å². The summed E-state index contributed by atoms with van der Waals surface area (Å²) in [5, 5.41) is 9.06. The van der Waals surface area contributed by atoms with Crippen LogP contribution in [0.3, 0.4) is 0 Å². The largest absolute Gasteiger partial charge is 0.393 e. The van der Waals surface area contributed by atoms with Gasteiger partial charge in [0.2, 0.25) is 10.0 Å². The van der Waals surface area contributed by atoms with E-state index in [0.717, 1.165) is 24.5 Å². The van der Waals surface area contributed by atoms with E-state index in [0.29, 0.717) is 12.8 Å². The van der Waals surface area contributed by atoms with E-state index in [1.54, 1.807) is 6.92 Å². The van der Waals surface area contributed by atoms with Crippen molar-refractivity contribution in [3.63, 3.8) is 0 Å². The predicted octanol–water partition coefficient (Wildman–Crippen LogP) is 0.668. The molecule has 0 aromatic heterocycles. The maximum absolute atomic E-state index is 13.6. The van der Waals surface area contributed by atoms with Crippen molar-refractivity contribution in [2.75, 3.05) is 12.8 Å². The zero-order valence-corrected chi connectivity index (χ0v) is 13.3. The molecule has 6 nitrogen and oxygen atoms in total. The lowest BCUT2D eigenvalue weighted by Gasteiger charge is -2.09. The molecule has 0 amide bonds. The summed E-state index contributed by atoms with van der Waals surface area (Å²) < 4.78 is 62.5. The van der Waals surface area contributed by atoms with E-state index in [-0.39, 0.29) is 11.4 Å². The van der Waals surface area contributed by atoms with Crippen LogP contribution in [0.15, 0.2) is 28.0 Å². The Morgan fingerprint density at radius 2 is 1.90 bits per heavy atom. The van der Waals surface area contributed by atoms with Gasteiger partial charge in [-0.3, -0.25) is 0 Å². The number of rotatable bonds is 7. The number of sulfonamides is 1. The van der Waals surface area contributed by atoms with Crippen molar-refractivity contribution >= 4 is 19.9 Å². The van der Waals surface area contributed by atoms with Crippen molar-refractivity contribution in [2.45, 2.75) is 35.7 Å². The summed E-state index contributed by atoms with van der Waals surface area (Å²) in [7, 11) is -7.77. The molecule has 1 atom stereocenters. The van der Waals surface area contributed by atoms with Gasteiger partial charge in [0.25, 0.3) is 0 Å². The van der Waals surface area contributed by atoms with Crippen LogP contribution < -0.4 is 4.72 Å². The quantitative estimate of drug-likeness (QED) is 0.562. The Labute approximate surface area is 124 Å². The minimum Gasteiger partial charge on any atom is -0.393 e. The van der Waals surface area contributed by atoms with Gasteiger partial charge in [0, 0.05) is 12.8 Å². The molecule has 0 aliphatic rings. The minimum atomic E-state index is -4.14. The Kier molecular flexibility index (Phi) is 5.85. The summed E-state index contributed by atoms with van der Waals surface area (Å²) in [4.78, 5) is -0.976. The predicted molar refractivity (Wildman–Crippen MR) is 75.6 cm³/mol. The first-order valence-corrected chi connectivity index (χ1v) is 9.59. The second-order valence-corrected chi connectivity index (χ2v) is 8.50. The average molecular weight is 339 g/mol. The first-order valence-electron chi connectivity index (χ1n) is 6.21. The van der Waals surface area contributed by atoms with Gasteiger partial charge in [-0.05, 0) is 38.0 Å². The Morgan fingerprint density at radius 3 is 2.43 bits per heavy atom. The van der Waals surface area contributed by atoms with Crippen LogP contribution in [0.1, 0.15) is 19.8 Å². The molecule has 0 aliphatic carbocycles. The number of hydrogen-bond donors (Lipinski definition) is 2. The second-order valence-electron chi connectivity index (χ2n) is 4.75. The lowest BCUT2D eigenvalue weighted by molar-refractivity contribution is 0.182. The molecule has 1 rings (SSSR count). The van der Waals surface area contributed by atoms with Gasteiger partial charge in [-0.25, -0.2) is 25.9 Å². The highest BCUT2D eigenvalue weighted by Crippen LogP contribution is 2.19. The molecule has 1 aromatic carbocycles. The van der Waals surface area contributed by atoms with Crippen molar-refractivity contribution in [1.82, 2.24) is 4.72 Å². The molecule has 0 bridgehead atoms. The number of sulfone groups is 1. The number of halogens is 1. The number of hydrogen-bond acceptors (Lipinski definition) is 5. The van der Waals surface area contributed by atoms with Gasteiger partial charge in [-0.1, -0.05) is 0 Å². The molecule has 9 heteroatoms. The second kappa shape index (κ2) is 6.82. The number of aliphatic hydroxyl groups excluding tert-OH is 1. The molecule has 0 radical (unpaired) electrons. The summed E-state index contributed by atoms with van der Waals surface area (Å²) in [5.74, 6) is -1.02. The Bertz CT molecular complexity index is 698. The Hall–Kier alpha value is -1.03. The third-order valence-corrected chi connectivity index (χ3v) is 5.30. The third kappa shape index (κ3) is 5.34. The monoisotopic (exact) mass is 339 g/mol. The van der Waals surface area contributed by atoms with Crippen LogP contribution in [0.2, 0.25) is 0 Å². The highest BCUT2D eigenvalue weighted by atomic mass is 32.2. The summed E-state index contributed by atoms with van der Waals surface area (Å²) in [6, 6.07) is 2.61. The lowest BCUT2D eigenvalue weighted by atomic mass is 10.2. The first kappa shape index (κ1) is 18.0. The van der Waals surface area contributed by atoms with Gasteiger partial charge in [-0.15, -0.1) is 0 Å². The van der Waals surface area contributed by atoms with Crippen LogP contribution >= 0.6 is 0 Å². The maximum atomic E-state index is 13.6. The average Bonchev–Trinajstić information content (AvgIpc) is 2.33. The molecular weight excluding hydrogens is 321 g/mol. The number of nitrogens with one attached hydrogen (secondary N) is 1. The van der Waals surface area contributed by atoms with Crippen LogP contribution in [0.5, 0.6) is 0 Å². The molecule has 0 saturated heterocycles. The maximum Gasteiger partial charge on any atom is 0.243 e. The van der Waals surface area contributed by atoms with E-state index >= 15 is 0 Å². The van der Waals surface area contributed by atoms with Crippen LogP contribution in [-0.4, -0.2) is 40.8 Å². The van der Waals surface area contributed by atoms with E-state index < -0.39 is 36.7 Å². The summed E-state index contributed by atoms with van der Waals surface area (Å²) in [6.07, 6.45) is 1.13. The zero-order chi connectivity index (χ0) is 16.3. The Morgan fingerprint density at radius 1 is 1.29 bits per heavy atom. The minimum absolute atomic E-state index is 0.0236. The molecule has 0 saturated carbocycles. The van der Waals surface area contributed by atoms with E-state index in [9.17, 15) is 21.2 Å². The smallest absolute Gasteiger partial charge is 0.243 e. The van der Waals surface area contributed by atoms with Gasteiger partial charge < -0.3 is 5.11 Å². The molecular formula is C12H18FNO5S2. The van der Waals surface area contributed by atoms with Crippen molar-refractivity contribution in [2.24, 2.45) is 0 Å². The highest BCUT2D eigenvalue weighted by molar-refractivity contribution is 7.91. The fourth-order valence-electron chi connectivity index (χ4n) is 1.60. The van der Waals surface area contributed by atoms with Gasteiger partial charge in [0.15, 0.2) is 9.84 Å². The molecule has 0 aliphatic heterocycles. The summed E-state index contributed by atoms with van der Waals surface area (Å²) in [6.45, 7) is 1.60. The van der Waals surface area contributed by atoms with Crippen molar-refractivity contribution in [1.29, 1.82) is 0 Å². The molecule has 0 spiro atoms. The van der Waals surface area contributed by atoms with Gasteiger partial charge >= 0.3 is 0 Å². The molecule has 1 aromatic rings. The normalized spacial score (nSPS) is 14.1. The molecule has 1 unspecified atom stereocenters. The lowest BCUT2D eigenvalue weighted by Crippen LogP contribution is -2.26. The summed E-state index contributed by atoms with van der Waals surface area (Å²) >= 11 is 0. The van der Waals surface area contributed by atoms with Crippen LogP contribution in [0, 0.1) is 5.82 Å². The van der Waals surface area contributed by atoms with Crippen molar-refractivity contribution in [3.05, 3.63) is 24.0 Å². The van der Waals surface area contributed by atoms with E-state index in [1.807, 2.05) is 0 Å². The van der Waals surface area contributed by atoms with Crippen LogP contribution in [0.4, 0.5) is 4.39 Å². The van der Waals surface area contributed by atoms with Crippen LogP contribution in [0.25, 0.3) is 0 Å². The SMILES string of the molecule is CC(O)CCCNS(=O)(=O)c1cc(S(C)(=O)=O)ccc1F. The fraction of sp³-hybridized carbons (Fsp3) is 0.500. The molecule has 0 fully saturated rings. The van der Waals surface area contributed by atoms with Gasteiger partial charge in [-0.2, -0.15) is 0 Å². The molecule has 0 heterocycles. The standard InChI is InChI=1S/C12H18FNO5S2/c1-9(15)4-3-7-14-21(18,19)12-8-10(20(2,16)17)5-6-11(12)13/h5-6,8-9,14-15H,3-4,7H2,1-2H3. The van der Waals surface area contributed by atoms with Crippen LogP contribution in [-0.2, 0) is 19.9 Å². The molecule has 120 valence electrons. The van der Waals surface area contributed by atoms with Gasteiger partial charge in [0.05, 0.1) is 11.0 Å². The van der Waals surface area contributed by atoms with E-state index in [2.05, 4.69) is 4.72 Å². The Balaban J connectivity index is 2.98. The summed E-state index contributed by atoms with van der Waals surface area (Å²) in [5.41, 5.74) is 0. The van der Waals surface area contributed by atoms with E-state index in [1.165, 1.54) is 0 Å². The zero-order valence-electron chi connectivity index (χ0n) is 11.7.